The largest absolute Gasteiger partial charge is 0.480 e. The van der Waals surface area contributed by atoms with Gasteiger partial charge in [-0.25, -0.2) is 4.67 Å². The fraction of sp³-hybridized carbons (Fsp3) is 0.174. The van der Waals surface area contributed by atoms with E-state index in [0.29, 0.717) is 28.2 Å². The van der Waals surface area contributed by atoms with Crippen molar-refractivity contribution in [3.8, 4) is 11.5 Å². The highest BCUT2D eigenvalue weighted by molar-refractivity contribution is 7.64. The number of nitrogens with zero attached hydrogens (tertiary/aromatic N) is 1. The molecule has 160 valence electrons. The number of aliphatic carboxylic acids is 1. The summed E-state index contributed by atoms with van der Waals surface area (Å²) in [6.45, 7) is -0.115. The molecule has 2 unspecified atom stereocenters. The van der Waals surface area contributed by atoms with E-state index in [9.17, 15) is 14.5 Å². The van der Waals surface area contributed by atoms with E-state index in [4.69, 9.17) is 20.9 Å². The number of carboxylic acids is 1. The molecule has 8 heteroatoms. The van der Waals surface area contributed by atoms with Crippen LogP contribution in [0.25, 0.3) is 0 Å². The molecule has 0 bridgehead atoms. The van der Waals surface area contributed by atoms with Crippen LogP contribution in [0.3, 0.4) is 0 Å². The first kappa shape index (κ1) is 21.6. The number of ether oxygens (including phenoxy) is 1. The number of rotatable bonds is 6. The molecule has 6 nitrogen and oxygen atoms in total. The van der Waals surface area contributed by atoms with E-state index < -0.39 is 13.5 Å². The summed E-state index contributed by atoms with van der Waals surface area (Å²) in [5.74, 6) is 0.114. The SMILES string of the molecule is O=C(O)CN1C(c2ccccc2)CCOP1(=O)c1ccc(Oc2ccc(Cl)cc2)cc1. The second-order valence-corrected chi connectivity index (χ2v) is 9.88. The van der Waals surface area contributed by atoms with Crippen LogP contribution in [-0.2, 0) is 13.9 Å². The lowest BCUT2D eigenvalue weighted by Crippen LogP contribution is -2.39. The maximum atomic E-state index is 14.0. The van der Waals surface area contributed by atoms with E-state index in [-0.39, 0.29) is 19.2 Å². The van der Waals surface area contributed by atoms with Crippen molar-refractivity contribution in [3.63, 3.8) is 0 Å². The minimum Gasteiger partial charge on any atom is -0.480 e. The Hall–Kier alpha value is -2.63. The summed E-state index contributed by atoms with van der Waals surface area (Å²) in [5, 5.41) is 10.5. The van der Waals surface area contributed by atoms with Crippen LogP contribution in [0.15, 0.2) is 78.9 Å². The van der Waals surface area contributed by atoms with Gasteiger partial charge in [0.05, 0.1) is 11.9 Å². The maximum absolute atomic E-state index is 14.0. The first-order valence-electron chi connectivity index (χ1n) is 9.78. The third kappa shape index (κ3) is 4.83. The van der Waals surface area contributed by atoms with Gasteiger partial charge in [0, 0.05) is 11.1 Å². The van der Waals surface area contributed by atoms with Crippen LogP contribution < -0.4 is 10.0 Å². The molecule has 1 N–H and O–H groups in total. The van der Waals surface area contributed by atoms with Crippen molar-refractivity contribution < 1.29 is 23.7 Å². The molecular formula is C23H21ClNO5P. The molecule has 31 heavy (non-hydrogen) atoms. The quantitative estimate of drug-likeness (QED) is 0.493. The van der Waals surface area contributed by atoms with Gasteiger partial charge in [0.2, 0.25) is 0 Å². The second-order valence-electron chi connectivity index (χ2n) is 7.11. The van der Waals surface area contributed by atoms with Crippen LogP contribution in [0.1, 0.15) is 18.0 Å². The molecule has 0 aliphatic carbocycles. The Labute approximate surface area is 185 Å². The lowest BCUT2D eigenvalue weighted by molar-refractivity contribution is -0.138. The molecule has 1 fully saturated rings. The fourth-order valence-corrected chi connectivity index (χ4v) is 6.14. The highest BCUT2D eigenvalue weighted by Crippen LogP contribution is 2.57. The Morgan fingerprint density at radius 3 is 2.26 bits per heavy atom. The Bertz CT molecular complexity index is 1090. The van der Waals surface area contributed by atoms with Crippen molar-refractivity contribution in [3.05, 3.63) is 89.4 Å². The van der Waals surface area contributed by atoms with Crippen LogP contribution in [0.2, 0.25) is 5.02 Å². The molecule has 0 saturated carbocycles. The fourth-order valence-electron chi connectivity index (χ4n) is 3.61. The molecule has 1 aliphatic rings. The van der Waals surface area contributed by atoms with Gasteiger partial charge in [0.1, 0.15) is 18.0 Å². The lowest BCUT2D eigenvalue weighted by atomic mass is 10.0. The molecule has 1 saturated heterocycles. The predicted octanol–water partition coefficient (Wildman–Crippen LogP) is 5.50. The maximum Gasteiger partial charge on any atom is 0.318 e. The van der Waals surface area contributed by atoms with Crippen molar-refractivity contribution in [1.29, 1.82) is 0 Å². The number of carboxylic acid groups (broad SMARTS) is 1. The Balaban J connectivity index is 1.63. The van der Waals surface area contributed by atoms with E-state index in [1.54, 1.807) is 48.5 Å². The lowest BCUT2D eigenvalue weighted by Gasteiger charge is -2.40. The number of hydrogen-bond donors (Lipinski definition) is 1. The second kappa shape index (κ2) is 9.25. The average Bonchev–Trinajstić information content (AvgIpc) is 2.78. The summed E-state index contributed by atoms with van der Waals surface area (Å²) in [4.78, 5) is 11.6. The Morgan fingerprint density at radius 2 is 1.65 bits per heavy atom. The van der Waals surface area contributed by atoms with Gasteiger partial charge in [-0.05, 0) is 60.5 Å². The summed E-state index contributed by atoms with van der Waals surface area (Å²) in [7, 11) is -3.58. The van der Waals surface area contributed by atoms with Gasteiger partial charge in [-0.15, -0.1) is 0 Å². The predicted molar refractivity (Wildman–Crippen MR) is 119 cm³/mol. The van der Waals surface area contributed by atoms with Gasteiger partial charge < -0.3 is 14.4 Å². The first-order valence-corrected chi connectivity index (χ1v) is 11.7. The van der Waals surface area contributed by atoms with E-state index in [1.807, 2.05) is 30.3 Å². The van der Waals surface area contributed by atoms with Gasteiger partial charge in [0.25, 0.3) is 0 Å². The van der Waals surface area contributed by atoms with Crippen LogP contribution in [-0.4, -0.2) is 28.9 Å². The van der Waals surface area contributed by atoms with Crippen molar-refractivity contribution in [2.75, 3.05) is 13.2 Å². The zero-order chi connectivity index (χ0) is 21.8. The Morgan fingerprint density at radius 1 is 1.03 bits per heavy atom. The van der Waals surface area contributed by atoms with Crippen molar-refractivity contribution in [2.24, 2.45) is 0 Å². The molecule has 0 amide bonds. The summed E-state index contributed by atoms with van der Waals surface area (Å²) in [6.07, 6.45) is 0.555. The molecule has 4 rings (SSSR count). The summed E-state index contributed by atoms with van der Waals surface area (Å²) < 4.78 is 27.0. The topological polar surface area (TPSA) is 76.1 Å². The highest BCUT2D eigenvalue weighted by atomic mass is 35.5. The van der Waals surface area contributed by atoms with Crippen LogP contribution in [0.5, 0.6) is 11.5 Å². The molecule has 0 radical (unpaired) electrons. The van der Waals surface area contributed by atoms with E-state index >= 15 is 0 Å². The Kier molecular flexibility index (Phi) is 6.44. The molecule has 0 aromatic heterocycles. The van der Waals surface area contributed by atoms with Gasteiger partial charge in [-0.1, -0.05) is 41.9 Å². The molecular weight excluding hydrogens is 437 g/mol. The molecule has 1 aliphatic heterocycles. The van der Waals surface area contributed by atoms with Gasteiger partial charge in [-0.2, -0.15) is 0 Å². The minimum atomic E-state index is -3.58. The third-order valence-electron chi connectivity index (χ3n) is 5.05. The van der Waals surface area contributed by atoms with Crippen molar-refractivity contribution in [1.82, 2.24) is 4.67 Å². The molecule has 0 spiro atoms. The van der Waals surface area contributed by atoms with Crippen LogP contribution >= 0.6 is 19.1 Å². The summed E-state index contributed by atoms with van der Waals surface area (Å²) in [5.41, 5.74) is 0.912. The van der Waals surface area contributed by atoms with E-state index in [1.165, 1.54) is 4.67 Å². The smallest absolute Gasteiger partial charge is 0.318 e. The van der Waals surface area contributed by atoms with E-state index in [2.05, 4.69) is 0 Å². The number of hydrogen-bond acceptors (Lipinski definition) is 4. The highest BCUT2D eigenvalue weighted by Gasteiger charge is 2.43. The average molecular weight is 458 g/mol. The third-order valence-corrected chi connectivity index (χ3v) is 7.88. The summed E-state index contributed by atoms with van der Waals surface area (Å²) in [6, 6.07) is 22.8. The van der Waals surface area contributed by atoms with Crippen LogP contribution in [0.4, 0.5) is 0 Å². The number of halogens is 1. The normalized spacial score (nSPS) is 21.5. The molecule has 2 atom stereocenters. The standard InChI is InChI=1S/C23H21ClNO5P/c24-18-6-8-19(9-7-18)30-20-10-12-21(13-11-20)31(28)25(16-23(26)27)22(14-15-29-31)17-4-2-1-3-5-17/h1-13,22H,14-16H2,(H,26,27). The molecule has 3 aromatic carbocycles. The number of benzene rings is 3. The zero-order valence-corrected chi connectivity index (χ0v) is 18.2. The molecule has 1 heterocycles. The van der Waals surface area contributed by atoms with Crippen LogP contribution in [0, 0.1) is 0 Å². The van der Waals surface area contributed by atoms with Gasteiger partial charge in [0.15, 0.2) is 0 Å². The van der Waals surface area contributed by atoms with Gasteiger partial charge >= 0.3 is 13.5 Å². The molecule has 3 aromatic rings. The van der Waals surface area contributed by atoms with Crippen molar-refractivity contribution >= 4 is 30.4 Å². The van der Waals surface area contributed by atoms with E-state index in [0.717, 1.165) is 5.56 Å². The monoisotopic (exact) mass is 457 g/mol. The number of carbonyl (C=O) groups is 1. The summed E-state index contributed by atoms with van der Waals surface area (Å²) >= 11 is 5.90. The zero-order valence-electron chi connectivity index (χ0n) is 16.6. The first-order chi connectivity index (χ1) is 15.0. The van der Waals surface area contributed by atoms with Crippen molar-refractivity contribution in [2.45, 2.75) is 12.5 Å². The minimum absolute atomic E-state index is 0.274. The van der Waals surface area contributed by atoms with Gasteiger partial charge in [-0.3, -0.25) is 9.36 Å².